The Hall–Kier alpha value is -3.62. The Morgan fingerprint density at radius 3 is 2.58 bits per heavy atom. The number of carbonyl (C=O) groups excluding carboxylic acids is 1. The number of methoxy groups -OCH3 is 1. The molecule has 2 aliphatic rings. The maximum Gasteiger partial charge on any atom is 0.253 e. The van der Waals surface area contributed by atoms with Gasteiger partial charge in [0.1, 0.15) is 17.8 Å². The van der Waals surface area contributed by atoms with Gasteiger partial charge in [0.05, 0.1) is 18.9 Å². The lowest BCUT2D eigenvalue weighted by molar-refractivity contribution is 0.0664. The second-order valence-corrected chi connectivity index (χ2v) is 8.31. The quantitative estimate of drug-likeness (QED) is 0.664. The van der Waals surface area contributed by atoms with Crippen LogP contribution in [-0.2, 0) is 0 Å². The fourth-order valence-electron chi connectivity index (χ4n) is 4.26. The summed E-state index contributed by atoms with van der Waals surface area (Å²) in [5, 5.41) is 0. The summed E-state index contributed by atoms with van der Waals surface area (Å²) in [6.07, 6.45) is 1.10. The van der Waals surface area contributed by atoms with Gasteiger partial charge in [0, 0.05) is 43.0 Å². The molecule has 1 fully saturated rings. The first kappa shape index (κ1) is 21.2. The Bertz CT molecular complexity index is 1180. The molecule has 2 aliphatic heterocycles. The normalized spacial score (nSPS) is 18.6. The third-order valence-electron chi connectivity index (χ3n) is 6.22. The van der Waals surface area contributed by atoms with Crippen LogP contribution in [0.3, 0.4) is 0 Å². The van der Waals surface area contributed by atoms with Crippen LogP contribution in [0.2, 0.25) is 0 Å². The summed E-state index contributed by atoms with van der Waals surface area (Å²) in [5.41, 5.74) is 9.76. The number of nitrogens with zero attached hydrogens (tertiary/aromatic N) is 4. The Kier molecular flexibility index (Phi) is 5.62. The van der Waals surface area contributed by atoms with Crippen LogP contribution < -0.4 is 15.4 Å². The van der Waals surface area contributed by atoms with E-state index in [1.54, 1.807) is 13.4 Å². The first-order valence-electron chi connectivity index (χ1n) is 11.0. The molecule has 8 heteroatoms. The maximum absolute atomic E-state index is 13.2. The van der Waals surface area contributed by atoms with E-state index in [0.29, 0.717) is 17.3 Å². The molecule has 1 saturated heterocycles. The van der Waals surface area contributed by atoms with Crippen molar-refractivity contribution >= 4 is 23.3 Å². The topological polar surface area (TPSA) is 87.5 Å². The molecule has 8 nitrogen and oxygen atoms in total. The molecule has 5 rings (SSSR count). The maximum atomic E-state index is 13.2. The van der Waals surface area contributed by atoms with E-state index in [1.165, 1.54) is 0 Å². The minimum atomic E-state index is -0.489. The number of hydrogen-bond donors (Lipinski definition) is 1. The van der Waals surface area contributed by atoms with Crippen LogP contribution >= 0.6 is 0 Å². The van der Waals surface area contributed by atoms with Gasteiger partial charge in [-0.1, -0.05) is 12.1 Å². The van der Waals surface area contributed by atoms with Gasteiger partial charge >= 0.3 is 0 Å². The van der Waals surface area contributed by atoms with Crippen LogP contribution in [0, 0.1) is 0 Å². The molecule has 1 atom stereocenters. The van der Waals surface area contributed by atoms with Gasteiger partial charge in [-0.2, -0.15) is 4.99 Å². The van der Waals surface area contributed by atoms with Crippen molar-refractivity contribution in [3.8, 4) is 5.75 Å². The first-order valence-corrected chi connectivity index (χ1v) is 11.0. The summed E-state index contributed by atoms with van der Waals surface area (Å²) in [5.74, 6) is 1.90. The molecule has 0 radical (unpaired) electrons. The van der Waals surface area contributed by atoms with Gasteiger partial charge in [0.2, 0.25) is 5.88 Å². The third-order valence-corrected chi connectivity index (χ3v) is 6.22. The summed E-state index contributed by atoms with van der Waals surface area (Å²) in [7, 11) is 3.71. The van der Waals surface area contributed by atoms with Gasteiger partial charge in [-0.25, -0.2) is 0 Å². The van der Waals surface area contributed by atoms with E-state index in [1.807, 2.05) is 64.4 Å². The number of rotatable bonds is 4. The van der Waals surface area contributed by atoms with E-state index in [2.05, 4.69) is 11.9 Å². The van der Waals surface area contributed by atoms with Gasteiger partial charge < -0.3 is 29.6 Å². The molecule has 2 aromatic carbocycles. The number of nitrogens with two attached hydrogens (primary N) is 1. The third kappa shape index (κ3) is 3.99. The molecule has 1 unspecified atom stereocenters. The number of ether oxygens (including phenoxy) is 1. The summed E-state index contributed by atoms with van der Waals surface area (Å²) in [4.78, 5) is 24.0. The molecule has 0 spiro atoms. The number of fused-ring (bicyclic) bond motifs is 1. The summed E-state index contributed by atoms with van der Waals surface area (Å²) in [6, 6.07) is 17.1. The molecule has 0 aliphatic carbocycles. The van der Waals surface area contributed by atoms with E-state index in [-0.39, 0.29) is 5.91 Å². The molecule has 33 heavy (non-hydrogen) atoms. The van der Waals surface area contributed by atoms with Gasteiger partial charge in [-0.05, 0) is 49.5 Å². The molecule has 3 heterocycles. The standard InChI is InChI=1S/C25H27N5O3/c1-28-11-13-29(14-12-28)25(31)18-5-3-4-17(16-18)23-27-24-21(10-15-33-24)22(26)30(23)19-6-8-20(32-2)9-7-19/h3-10,15-16,22H,11-14,26H2,1-2H3. The van der Waals surface area contributed by atoms with Crippen LogP contribution in [0.15, 0.2) is 70.3 Å². The summed E-state index contributed by atoms with van der Waals surface area (Å²) < 4.78 is 10.9. The highest BCUT2D eigenvalue weighted by Gasteiger charge is 2.32. The number of likely N-dealkylation sites (N-methyl/N-ethyl adjacent to an activating group) is 1. The molecule has 170 valence electrons. The monoisotopic (exact) mass is 445 g/mol. The van der Waals surface area contributed by atoms with Crippen molar-refractivity contribution in [2.24, 2.45) is 10.7 Å². The number of aliphatic imine (C=N–C) groups is 1. The fourth-order valence-corrected chi connectivity index (χ4v) is 4.26. The van der Waals surface area contributed by atoms with E-state index in [0.717, 1.165) is 48.7 Å². The average Bonchev–Trinajstić information content (AvgIpc) is 3.33. The van der Waals surface area contributed by atoms with Crippen LogP contribution in [0.1, 0.15) is 27.7 Å². The smallest absolute Gasteiger partial charge is 0.253 e. The second-order valence-electron chi connectivity index (χ2n) is 8.31. The van der Waals surface area contributed by atoms with E-state index in [9.17, 15) is 4.79 Å². The molecule has 1 amide bonds. The number of carbonyl (C=O) groups is 1. The zero-order valence-electron chi connectivity index (χ0n) is 18.8. The van der Waals surface area contributed by atoms with Crippen molar-refractivity contribution in [3.63, 3.8) is 0 Å². The number of amidine groups is 1. The van der Waals surface area contributed by atoms with Crippen LogP contribution in [0.4, 0.5) is 11.6 Å². The molecule has 0 bridgehead atoms. The minimum Gasteiger partial charge on any atom is -0.497 e. The van der Waals surface area contributed by atoms with Crippen LogP contribution in [0.25, 0.3) is 0 Å². The Morgan fingerprint density at radius 1 is 1.09 bits per heavy atom. The highest BCUT2D eigenvalue weighted by atomic mass is 16.5. The number of piperazine rings is 1. The van der Waals surface area contributed by atoms with Gasteiger partial charge in [-0.15, -0.1) is 0 Å². The SMILES string of the molecule is COc1ccc(N2C(c3cccc(C(=O)N4CCN(C)CC4)c3)=Nc3occc3C2N)cc1. The molecular weight excluding hydrogens is 418 g/mol. The van der Waals surface area contributed by atoms with Crippen molar-refractivity contribution in [3.05, 3.63) is 77.6 Å². The van der Waals surface area contributed by atoms with Crippen LogP contribution in [-0.4, -0.2) is 61.9 Å². The van der Waals surface area contributed by atoms with Gasteiger partial charge in [0.25, 0.3) is 5.91 Å². The Balaban J connectivity index is 1.53. The van der Waals surface area contributed by atoms with E-state index in [4.69, 9.17) is 19.9 Å². The number of benzene rings is 2. The number of amides is 1. The number of furan rings is 1. The van der Waals surface area contributed by atoms with Gasteiger partial charge in [0.15, 0.2) is 0 Å². The van der Waals surface area contributed by atoms with Crippen molar-refractivity contribution in [2.45, 2.75) is 6.17 Å². The zero-order chi connectivity index (χ0) is 22.9. The number of anilines is 1. The average molecular weight is 446 g/mol. The highest BCUT2D eigenvalue weighted by Crippen LogP contribution is 2.38. The summed E-state index contributed by atoms with van der Waals surface area (Å²) >= 11 is 0. The minimum absolute atomic E-state index is 0.0281. The predicted octanol–water partition coefficient (Wildman–Crippen LogP) is 3.23. The molecule has 0 saturated carbocycles. The lowest BCUT2D eigenvalue weighted by atomic mass is 10.0. The number of hydrogen-bond acceptors (Lipinski definition) is 7. The van der Waals surface area contributed by atoms with Gasteiger partial charge in [-0.3, -0.25) is 4.79 Å². The Labute approximate surface area is 192 Å². The first-order chi connectivity index (χ1) is 16.0. The molecule has 2 N–H and O–H groups in total. The van der Waals surface area contributed by atoms with Crippen molar-refractivity contribution in [1.29, 1.82) is 0 Å². The second kappa shape index (κ2) is 8.73. The molecular formula is C25H27N5O3. The highest BCUT2D eigenvalue weighted by molar-refractivity contribution is 6.13. The van der Waals surface area contributed by atoms with Crippen molar-refractivity contribution in [2.75, 3.05) is 45.2 Å². The summed E-state index contributed by atoms with van der Waals surface area (Å²) in [6.45, 7) is 3.19. The van der Waals surface area contributed by atoms with Crippen molar-refractivity contribution in [1.82, 2.24) is 9.80 Å². The lowest BCUT2D eigenvalue weighted by Gasteiger charge is -2.35. The van der Waals surface area contributed by atoms with Crippen LogP contribution in [0.5, 0.6) is 5.75 Å². The fraction of sp³-hybridized carbons (Fsp3) is 0.280. The van der Waals surface area contributed by atoms with E-state index < -0.39 is 6.17 Å². The lowest BCUT2D eigenvalue weighted by Crippen LogP contribution is -2.47. The van der Waals surface area contributed by atoms with Crippen molar-refractivity contribution < 1.29 is 13.9 Å². The van der Waals surface area contributed by atoms with E-state index >= 15 is 0 Å². The Morgan fingerprint density at radius 2 is 1.85 bits per heavy atom. The predicted molar refractivity (Wildman–Crippen MR) is 127 cm³/mol. The molecule has 1 aromatic heterocycles. The molecule has 3 aromatic rings. The zero-order valence-corrected chi connectivity index (χ0v) is 18.8. The largest absolute Gasteiger partial charge is 0.497 e.